The van der Waals surface area contributed by atoms with Gasteiger partial charge in [0.25, 0.3) is 0 Å². The Hall–Kier alpha value is -0.970. The van der Waals surface area contributed by atoms with Gasteiger partial charge in [-0.3, -0.25) is 9.78 Å². The van der Waals surface area contributed by atoms with Crippen molar-refractivity contribution in [2.24, 2.45) is 0 Å². The highest BCUT2D eigenvalue weighted by Crippen LogP contribution is 2.02. The van der Waals surface area contributed by atoms with Crippen molar-refractivity contribution in [1.82, 2.24) is 9.97 Å². The van der Waals surface area contributed by atoms with Gasteiger partial charge in [0.15, 0.2) is 0 Å². The second-order valence-electron chi connectivity index (χ2n) is 1.90. The molecule has 0 bridgehead atoms. The number of aliphatic carboxylic acids is 1. The normalized spacial score (nSPS) is 9.55. The van der Waals surface area contributed by atoms with Gasteiger partial charge in [-0.25, -0.2) is 4.98 Å². The van der Waals surface area contributed by atoms with Crippen LogP contribution in [0.5, 0.6) is 0 Å². The van der Waals surface area contributed by atoms with Crippen LogP contribution in [-0.4, -0.2) is 21.0 Å². The van der Waals surface area contributed by atoms with E-state index in [9.17, 15) is 4.79 Å². The van der Waals surface area contributed by atoms with Gasteiger partial charge in [-0.15, -0.1) is 0 Å². The van der Waals surface area contributed by atoms with E-state index >= 15 is 0 Å². The van der Waals surface area contributed by atoms with Crippen molar-refractivity contribution in [3.05, 3.63) is 22.7 Å². The first-order chi connectivity index (χ1) is 5.18. The smallest absolute Gasteiger partial charge is 0.309 e. The number of hydrogen-bond acceptors (Lipinski definition) is 3. The molecule has 0 fully saturated rings. The lowest BCUT2D eigenvalue weighted by Gasteiger charge is -1.93. The van der Waals surface area contributed by atoms with E-state index in [0.29, 0.717) is 10.3 Å². The summed E-state index contributed by atoms with van der Waals surface area (Å²) >= 11 is 3.09. The average Bonchev–Trinajstić information content (AvgIpc) is 1.93. The fraction of sp³-hybridized carbons (Fsp3) is 0.167. The number of halogens is 1. The average molecular weight is 217 g/mol. The van der Waals surface area contributed by atoms with Crippen LogP contribution in [0.15, 0.2) is 17.0 Å². The molecule has 4 nitrogen and oxygen atoms in total. The van der Waals surface area contributed by atoms with Crippen LogP contribution < -0.4 is 0 Å². The third kappa shape index (κ3) is 2.63. The van der Waals surface area contributed by atoms with Crippen molar-refractivity contribution < 1.29 is 9.90 Å². The number of nitrogens with zero attached hydrogens (tertiary/aromatic N) is 2. The number of carboxylic acids is 1. The Kier molecular flexibility index (Phi) is 2.53. The van der Waals surface area contributed by atoms with Crippen LogP contribution in [0.4, 0.5) is 0 Å². The minimum Gasteiger partial charge on any atom is -0.481 e. The zero-order valence-electron chi connectivity index (χ0n) is 5.49. The third-order valence-electron chi connectivity index (χ3n) is 1.01. The van der Waals surface area contributed by atoms with Crippen LogP contribution in [0.1, 0.15) is 5.69 Å². The third-order valence-corrected chi connectivity index (χ3v) is 1.42. The van der Waals surface area contributed by atoms with Gasteiger partial charge >= 0.3 is 5.97 Å². The molecule has 11 heavy (non-hydrogen) atoms. The van der Waals surface area contributed by atoms with E-state index in [1.807, 2.05) is 0 Å². The topological polar surface area (TPSA) is 63.1 Å². The van der Waals surface area contributed by atoms with E-state index in [1.54, 1.807) is 0 Å². The molecule has 0 radical (unpaired) electrons. The summed E-state index contributed by atoms with van der Waals surface area (Å²) < 4.78 is 0.603. The molecule has 1 N–H and O–H groups in total. The first-order valence-corrected chi connectivity index (χ1v) is 3.66. The molecule has 0 aliphatic heterocycles. The fourth-order valence-electron chi connectivity index (χ4n) is 0.585. The molecule has 1 rings (SSSR count). The lowest BCUT2D eigenvalue weighted by Crippen LogP contribution is -2.02. The Labute approximate surface area is 71.4 Å². The molecule has 0 saturated heterocycles. The molecule has 0 aliphatic rings. The Bertz CT molecular complexity index is 260. The maximum Gasteiger partial charge on any atom is 0.309 e. The van der Waals surface area contributed by atoms with E-state index in [-0.39, 0.29) is 6.42 Å². The van der Waals surface area contributed by atoms with Crippen molar-refractivity contribution in [1.29, 1.82) is 0 Å². The summed E-state index contributed by atoms with van der Waals surface area (Å²) in [6, 6.07) is 0. The second kappa shape index (κ2) is 3.43. The SMILES string of the molecule is O=C(O)Cc1cnc(Br)cn1. The number of carbonyl (C=O) groups is 1. The summed E-state index contributed by atoms with van der Waals surface area (Å²) in [7, 11) is 0. The first-order valence-electron chi connectivity index (χ1n) is 2.86. The number of carboxylic acid groups (broad SMARTS) is 1. The van der Waals surface area contributed by atoms with Crippen molar-refractivity contribution in [2.75, 3.05) is 0 Å². The Morgan fingerprint density at radius 2 is 2.27 bits per heavy atom. The molecule has 0 atom stereocenters. The summed E-state index contributed by atoms with van der Waals surface area (Å²) in [6.07, 6.45) is 2.82. The van der Waals surface area contributed by atoms with Crippen molar-refractivity contribution in [3.8, 4) is 0 Å². The van der Waals surface area contributed by atoms with Gasteiger partial charge in [0.05, 0.1) is 24.5 Å². The van der Waals surface area contributed by atoms with Gasteiger partial charge in [-0.05, 0) is 15.9 Å². The Balaban J connectivity index is 2.74. The maximum atomic E-state index is 10.2. The molecule has 0 aromatic carbocycles. The van der Waals surface area contributed by atoms with E-state index in [1.165, 1.54) is 12.4 Å². The molecule has 0 amide bonds. The van der Waals surface area contributed by atoms with Crippen molar-refractivity contribution in [3.63, 3.8) is 0 Å². The van der Waals surface area contributed by atoms with Gasteiger partial charge < -0.3 is 5.11 Å². The molecule has 0 saturated carbocycles. The molecule has 1 heterocycles. The van der Waals surface area contributed by atoms with Crippen molar-refractivity contribution in [2.45, 2.75) is 6.42 Å². The quantitative estimate of drug-likeness (QED) is 0.798. The molecule has 0 unspecified atom stereocenters. The standard InChI is InChI=1S/C6H5BrN2O2/c7-5-3-8-4(2-9-5)1-6(10)11/h2-3H,1H2,(H,10,11). The predicted molar refractivity (Wildman–Crippen MR) is 41.1 cm³/mol. The highest BCUT2D eigenvalue weighted by molar-refractivity contribution is 9.10. The number of rotatable bonds is 2. The first kappa shape index (κ1) is 8.13. The Morgan fingerprint density at radius 3 is 2.73 bits per heavy atom. The molecule has 5 heteroatoms. The highest BCUT2D eigenvalue weighted by Gasteiger charge is 2.00. The zero-order valence-corrected chi connectivity index (χ0v) is 7.08. The molecule has 0 spiro atoms. The summed E-state index contributed by atoms with van der Waals surface area (Å²) in [4.78, 5) is 17.8. The number of aromatic nitrogens is 2. The van der Waals surface area contributed by atoms with Gasteiger partial charge in [0.1, 0.15) is 4.60 Å². The highest BCUT2D eigenvalue weighted by atomic mass is 79.9. The van der Waals surface area contributed by atoms with Crippen LogP contribution in [-0.2, 0) is 11.2 Å². The fourth-order valence-corrected chi connectivity index (χ4v) is 0.790. The number of hydrogen-bond donors (Lipinski definition) is 1. The van der Waals surface area contributed by atoms with Gasteiger partial charge in [0, 0.05) is 0 Å². The lowest BCUT2D eigenvalue weighted by atomic mass is 10.3. The maximum absolute atomic E-state index is 10.2. The minimum absolute atomic E-state index is 0.0831. The van der Waals surface area contributed by atoms with E-state index in [2.05, 4.69) is 25.9 Å². The zero-order chi connectivity index (χ0) is 8.27. The molecular weight excluding hydrogens is 212 g/mol. The Morgan fingerprint density at radius 1 is 1.55 bits per heavy atom. The minimum atomic E-state index is -0.901. The van der Waals surface area contributed by atoms with Crippen LogP contribution >= 0.6 is 15.9 Å². The summed E-state index contributed by atoms with van der Waals surface area (Å²) in [5.74, 6) is -0.901. The molecule has 58 valence electrons. The molecular formula is C6H5BrN2O2. The van der Waals surface area contributed by atoms with Crippen LogP contribution in [0.3, 0.4) is 0 Å². The van der Waals surface area contributed by atoms with Gasteiger partial charge in [0.2, 0.25) is 0 Å². The van der Waals surface area contributed by atoms with E-state index < -0.39 is 5.97 Å². The second-order valence-corrected chi connectivity index (χ2v) is 2.71. The molecule has 0 aliphatic carbocycles. The van der Waals surface area contributed by atoms with Crippen LogP contribution in [0, 0.1) is 0 Å². The van der Waals surface area contributed by atoms with Crippen molar-refractivity contribution >= 4 is 21.9 Å². The lowest BCUT2D eigenvalue weighted by molar-refractivity contribution is -0.136. The van der Waals surface area contributed by atoms with Gasteiger partial charge in [-0.1, -0.05) is 0 Å². The monoisotopic (exact) mass is 216 g/mol. The summed E-state index contributed by atoms with van der Waals surface area (Å²) in [5, 5.41) is 8.36. The predicted octanol–water partition coefficient (Wildman–Crippen LogP) is 0.866. The largest absolute Gasteiger partial charge is 0.481 e. The molecule has 1 aromatic rings. The van der Waals surface area contributed by atoms with Crippen LogP contribution in [0.2, 0.25) is 0 Å². The molecule has 1 aromatic heterocycles. The summed E-state index contributed by atoms with van der Waals surface area (Å²) in [5.41, 5.74) is 0.459. The van der Waals surface area contributed by atoms with Gasteiger partial charge in [-0.2, -0.15) is 0 Å². The van der Waals surface area contributed by atoms with E-state index in [0.717, 1.165) is 0 Å². The van der Waals surface area contributed by atoms with Crippen LogP contribution in [0.25, 0.3) is 0 Å². The van der Waals surface area contributed by atoms with E-state index in [4.69, 9.17) is 5.11 Å². The summed E-state index contributed by atoms with van der Waals surface area (Å²) in [6.45, 7) is 0.